The Morgan fingerprint density at radius 1 is 1.16 bits per heavy atom. The molecule has 1 aromatic heterocycles. The highest BCUT2D eigenvalue weighted by Gasteiger charge is 2.17. The van der Waals surface area contributed by atoms with E-state index in [-0.39, 0.29) is 0 Å². The van der Waals surface area contributed by atoms with Crippen molar-refractivity contribution in [1.82, 2.24) is 4.57 Å². The molecule has 0 aliphatic heterocycles. The van der Waals surface area contributed by atoms with Gasteiger partial charge in [0.05, 0.1) is 11.1 Å². The van der Waals surface area contributed by atoms with Crippen LogP contribution in [0.25, 0.3) is 10.9 Å². The Balaban J connectivity index is 2.88. The molecule has 0 spiro atoms. The summed E-state index contributed by atoms with van der Waals surface area (Å²) in [5.41, 5.74) is 3.83. The van der Waals surface area contributed by atoms with E-state index in [1.807, 2.05) is 6.07 Å². The van der Waals surface area contributed by atoms with Crippen LogP contribution in [0, 0.1) is 6.92 Å². The number of carboxylic acids is 1. The van der Waals surface area contributed by atoms with Crippen molar-refractivity contribution in [2.45, 2.75) is 46.6 Å². The third kappa shape index (κ3) is 2.25. The molecule has 102 valence electrons. The van der Waals surface area contributed by atoms with Gasteiger partial charge in [-0.1, -0.05) is 13.8 Å². The van der Waals surface area contributed by atoms with Crippen LogP contribution in [0.2, 0.25) is 0 Å². The summed E-state index contributed by atoms with van der Waals surface area (Å²) < 4.78 is 2.29. The zero-order valence-electron chi connectivity index (χ0n) is 12.2. The Labute approximate surface area is 113 Å². The number of aromatic nitrogens is 1. The van der Waals surface area contributed by atoms with Gasteiger partial charge in [-0.2, -0.15) is 0 Å². The maximum absolute atomic E-state index is 11.2. The molecule has 1 aromatic carbocycles. The molecular formula is C16H21NO2. The predicted octanol–water partition coefficient (Wildman–Crippen LogP) is 4.35. The van der Waals surface area contributed by atoms with Crippen LogP contribution in [0.4, 0.5) is 0 Å². The monoisotopic (exact) mass is 259 g/mol. The van der Waals surface area contributed by atoms with Crippen molar-refractivity contribution >= 4 is 16.9 Å². The zero-order chi connectivity index (χ0) is 14.3. The number of carboxylic acid groups (broad SMARTS) is 1. The van der Waals surface area contributed by atoms with Crippen LogP contribution in [0.15, 0.2) is 18.2 Å². The normalized spacial score (nSPS) is 11.7. The number of fused-ring (bicyclic) bond motifs is 1. The smallest absolute Gasteiger partial charge is 0.335 e. The summed E-state index contributed by atoms with van der Waals surface area (Å²) in [5.74, 6) is -0.563. The lowest BCUT2D eigenvalue weighted by Crippen LogP contribution is -2.06. The van der Waals surface area contributed by atoms with E-state index in [1.54, 1.807) is 6.07 Å². The number of aryl methyl sites for hydroxylation is 1. The molecule has 1 N–H and O–H groups in total. The summed E-state index contributed by atoms with van der Waals surface area (Å²) in [6.45, 7) is 10.6. The maximum Gasteiger partial charge on any atom is 0.335 e. The summed E-state index contributed by atoms with van der Waals surface area (Å²) in [6, 6.07) is 6.03. The van der Waals surface area contributed by atoms with Gasteiger partial charge in [0.1, 0.15) is 0 Å². The second-order valence-electron chi connectivity index (χ2n) is 5.71. The molecule has 3 nitrogen and oxygen atoms in total. The van der Waals surface area contributed by atoms with Crippen LogP contribution in [-0.2, 0) is 0 Å². The van der Waals surface area contributed by atoms with Crippen LogP contribution in [0.5, 0.6) is 0 Å². The van der Waals surface area contributed by atoms with Crippen molar-refractivity contribution in [2.24, 2.45) is 0 Å². The van der Waals surface area contributed by atoms with E-state index in [0.29, 0.717) is 17.5 Å². The summed E-state index contributed by atoms with van der Waals surface area (Å²) in [7, 11) is 0. The molecule has 0 radical (unpaired) electrons. The fraction of sp³-hybridized carbons (Fsp3) is 0.438. The fourth-order valence-electron chi connectivity index (χ4n) is 2.77. The largest absolute Gasteiger partial charge is 0.478 e. The van der Waals surface area contributed by atoms with E-state index in [0.717, 1.165) is 10.9 Å². The molecule has 0 aliphatic rings. The van der Waals surface area contributed by atoms with Gasteiger partial charge in [0.15, 0.2) is 0 Å². The van der Waals surface area contributed by atoms with E-state index in [4.69, 9.17) is 0 Å². The second-order valence-corrected chi connectivity index (χ2v) is 5.71. The van der Waals surface area contributed by atoms with Gasteiger partial charge in [0, 0.05) is 17.1 Å². The van der Waals surface area contributed by atoms with Gasteiger partial charge < -0.3 is 9.67 Å². The number of nitrogens with zero attached hydrogens (tertiary/aromatic N) is 1. The zero-order valence-corrected chi connectivity index (χ0v) is 12.2. The Bertz CT molecular complexity index is 636. The molecular weight excluding hydrogens is 238 g/mol. The molecule has 0 amide bonds. The fourth-order valence-corrected chi connectivity index (χ4v) is 2.77. The van der Waals surface area contributed by atoms with Crippen LogP contribution in [-0.4, -0.2) is 15.6 Å². The number of rotatable bonds is 3. The van der Waals surface area contributed by atoms with Gasteiger partial charge in [-0.15, -0.1) is 0 Å². The highest BCUT2D eigenvalue weighted by Crippen LogP contribution is 2.32. The number of hydrogen-bond donors (Lipinski definition) is 1. The minimum Gasteiger partial charge on any atom is -0.478 e. The lowest BCUT2D eigenvalue weighted by atomic mass is 9.97. The molecule has 0 bridgehead atoms. The van der Waals surface area contributed by atoms with Crippen LogP contribution < -0.4 is 0 Å². The second kappa shape index (κ2) is 4.72. The average molecular weight is 259 g/mol. The molecule has 0 saturated heterocycles. The molecule has 0 saturated carbocycles. The first-order valence-corrected chi connectivity index (χ1v) is 6.71. The standard InChI is InChI=1S/C16H21NO2/c1-9(2)14-8-13(16(18)19)7-12-6-11(5)17(10(3)4)15(12)14/h6-10H,1-5H3,(H,18,19). The number of benzene rings is 1. The first kappa shape index (κ1) is 13.7. The predicted molar refractivity (Wildman–Crippen MR) is 78.1 cm³/mol. The van der Waals surface area contributed by atoms with Crippen molar-refractivity contribution < 1.29 is 9.90 Å². The van der Waals surface area contributed by atoms with Gasteiger partial charge >= 0.3 is 5.97 Å². The molecule has 19 heavy (non-hydrogen) atoms. The summed E-state index contributed by atoms with van der Waals surface area (Å²) in [5, 5.41) is 10.3. The van der Waals surface area contributed by atoms with E-state index in [2.05, 4.69) is 45.3 Å². The number of aromatic carboxylic acids is 1. The molecule has 2 aromatic rings. The van der Waals surface area contributed by atoms with E-state index >= 15 is 0 Å². The Hall–Kier alpha value is -1.77. The van der Waals surface area contributed by atoms with Crippen molar-refractivity contribution in [3.8, 4) is 0 Å². The number of hydrogen-bond acceptors (Lipinski definition) is 1. The van der Waals surface area contributed by atoms with Crippen LogP contribution in [0.1, 0.15) is 61.3 Å². The van der Waals surface area contributed by atoms with Crippen molar-refractivity contribution in [3.05, 3.63) is 35.0 Å². The van der Waals surface area contributed by atoms with E-state index in [9.17, 15) is 9.90 Å². The maximum atomic E-state index is 11.2. The van der Waals surface area contributed by atoms with E-state index in [1.165, 1.54) is 11.2 Å². The molecule has 0 aliphatic carbocycles. The Kier molecular flexibility index (Phi) is 3.40. The molecule has 0 atom stereocenters. The highest BCUT2D eigenvalue weighted by atomic mass is 16.4. The van der Waals surface area contributed by atoms with Crippen molar-refractivity contribution in [2.75, 3.05) is 0 Å². The summed E-state index contributed by atoms with van der Waals surface area (Å²) in [4.78, 5) is 11.2. The van der Waals surface area contributed by atoms with Gasteiger partial charge in [-0.25, -0.2) is 4.79 Å². The molecule has 3 heteroatoms. The van der Waals surface area contributed by atoms with Crippen LogP contribution >= 0.6 is 0 Å². The average Bonchev–Trinajstić information content (AvgIpc) is 2.62. The van der Waals surface area contributed by atoms with E-state index < -0.39 is 5.97 Å². The molecule has 1 heterocycles. The van der Waals surface area contributed by atoms with Gasteiger partial charge in [0.2, 0.25) is 0 Å². The minimum absolute atomic E-state index is 0.300. The Morgan fingerprint density at radius 3 is 2.26 bits per heavy atom. The van der Waals surface area contributed by atoms with Gasteiger partial charge in [-0.3, -0.25) is 0 Å². The third-order valence-electron chi connectivity index (χ3n) is 3.54. The topological polar surface area (TPSA) is 42.2 Å². The van der Waals surface area contributed by atoms with Gasteiger partial charge in [0.25, 0.3) is 0 Å². The quantitative estimate of drug-likeness (QED) is 0.890. The SMILES string of the molecule is Cc1cc2cc(C(=O)O)cc(C(C)C)c2n1C(C)C. The highest BCUT2D eigenvalue weighted by molar-refractivity contribution is 5.96. The third-order valence-corrected chi connectivity index (χ3v) is 3.54. The molecule has 0 unspecified atom stereocenters. The number of carbonyl (C=O) groups is 1. The lowest BCUT2D eigenvalue weighted by molar-refractivity contribution is 0.0697. The first-order chi connectivity index (χ1) is 8.82. The molecule has 2 rings (SSSR count). The lowest BCUT2D eigenvalue weighted by Gasteiger charge is -2.17. The minimum atomic E-state index is -0.862. The Morgan fingerprint density at radius 2 is 1.79 bits per heavy atom. The van der Waals surface area contributed by atoms with Crippen molar-refractivity contribution in [1.29, 1.82) is 0 Å². The summed E-state index contributed by atoms with van der Waals surface area (Å²) >= 11 is 0. The van der Waals surface area contributed by atoms with Gasteiger partial charge in [-0.05, 0) is 50.5 Å². The summed E-state index contributed by atoms with van der Waals surface area (Å²) in [6.07, 6.45) is 0. The first-order valence-electron chi connectivity index (χ1n) is 6.71. The van der Waals surface area contributed by atoms with Crippen LogP contribution in [0.3, 0.4) is 0 Å². The van der Waals surface area contributed by atoms with Crippen molar-refractivity contribution in [3.63, 3.8) is 0 Å². The molecule has 0 fully saturated rings.